The molecule has 5 heteroatoms. The molecular weight excluding hydrogens is 173 g/mol. The quantitative estimate of drug-likeness (QED) is 0.659. The normalized spacial score (nSPS) is 12.0. The summed E-state index contributed by atoms with van der Waals surface area (Å²) in [5, 5.41) is 0. The zero-order chi connectivity index (χ0) is 9.35. The van der Waals surface area contributed by atoms with Crippen molar-refractivity contribution in [1.82, 2.24) is 9.97 Å². The van der Waals surface area contributed by atoms with Gasteiger partial charge in [0.2, 0.25) is 0 Å². The van der Waals surface area contributed by atoms with E-state index >= 15 is 0 Å². The lowest BCUT2D eigenvalue weighted by Gasteiger charge is -1.99. The lowest BCUT2D eigenvalue weighted by Crippen LogP contribution is -2.08. The van der Waals surface area contributed by atoms with Crippen molar-refractivity contribution in [3.05, 3.63) is 11.4 Å². The van der Waals surface area contributed by atoms with Gasteiger partial charge in [-0.15, -0.1) is 0 Å². The van der Waals surface area contributed by atoms with Crippen molar-refractivity contribution >= 4 is 12.7 Å². The summed E-state index contributed by atoms with van der Waals surface area (Å²) in [5.74, 6) is 0. The van der Waals surface area contributed by atoms with Crippen LogP contribution in [0, 0.1) is 6.92 Å². The third-order valence-corrected chi connectivity index (χ3v) is 2.91. The Kier molecular flexibility index (Phi) is 2.40. The molecule has 0 saturated carbocycles. The topological polar surface area (TPSA) is 71.8 Å². The van der Waals surface area contributed by atoms with Gasteiger partial charge < -0.3 is 15.3 Å². The number of nitrogens with zero attached hydrogens (tertiary/aromatic N) is 1. The second-order valence-electron chi connectivity index (χ2n) is 3.19. The van der Waals surface area contributed by atoms with Gasteiger partial charge in [0, 0.05) is 12.2 Å². The fraction of sp³-hybridized carbons (Fsp3) is 0.571. The molecule has 0 bridgehead atoms. The molecule has 0 aromatic carbocycles. The Hall–Kier alpha value is -0.600. The number of aromatic nitrogens is 2. The summed E-state index contributed by atoms with van der Waals surface area (Å²) in [6.45, 7) is 5.65. The van der Waals surface area contributed by atoms with Crippen LogP contribution in [-0.4, -0.2) is 23.3 Å². The summed E-state index contributed by atoms with van der Waals surface area (Å²) in [7, 11) is -2.26. The van der Waals surface area contributed by atoms with Gasteiger partial charge in [-0.2, -0.15) is 0 Å². The van der Waals surface area contributed by atoms with Gasteiger partial charge in [0.05, 0.1) is 5.69 Å². The van der Waals surface area contributed by atoms with Crippen LogP contribution in [0.4, 0.5) is 0 Å². The Morgan fingerprint density at radius 1 is 1.58 bits per heavy atom. The third-order valence-electron chi connectivity index (χ3n) is 1.68. The molecule has 0 unspecified atom stereocenters. The van der Waals surface area contributed by atoms with Crippen LogP contribution in [0.5, 0.6) is 0 Å². The van der Waals surface area contributed by atoms with Crippen molar-refractivity contribution in [2.75, 3.05) is 13.3 Å². The zero-order valence-corrected chi connectivity index (χ0v) is 8.48. The van der Waals surface area contributed by atoms with Crippen LogP contribution in [0.15, 0.2) is 0 Å². The lowest BCUT2D eigenvalue weighted by atomic mass is 10.4. The summed E-state index contributed by atoms with van der Waals surface area (Å²) in [5.41, 5.74) is 7.72. The number of nitrogens with two attached hydrogens (primary N) is 1. The minimum Gasteiger partial charge on any atom is -0.339 e. The Bertz CT molecular complexity index is 325. The molecule has 0 fully saturated rings. The van der Waals surface area contributed by atoms with Crippen molar-refractivity contribution < 1.29 is 4.57 Å². The van der Waals surface area contributed by atoms with E-state index in [1.54, 1.807) is 13.3 Å². The van der Waals surface area contributed by atoms with E-state index in [0.717, 1.165) is 11.4 Å². The van der Waals surface area contributed by atoms with E-state index in [1.807, 2.05) is 6.92 Å². The van der Waals surface area contributed by atoms with E-state index in [1.165, 1.54) is 0 Å². The fourth-order valence-electron chi connectivity index (χ4n) is 0.933. The summed E-state index contributed by atoms with van der Waals surface area (Å²) in [6, 6.07) is 0. The van der Waals surface area contributed by atoms with Crippen molar-refractivity contribution in [3.63, 3.8) is 0 Å². The Morgan fingerprint density at radius 3 is 2.42 bits per heavy atom. The van der Waals surface area contributed by atoms with Gasteiger partial charge in [-0.05, 0) is 20.3 Å². The second-order valence-corrected chi connectivity index (χ2v) is 6.31. The molecule has 3 N–H and O–H groups in total. The predicted molar refractivity (Wildman–Crippen MR) is 50.3 cm³/mol. The number of hydrogen-bond acceptors (Lipinski definition) is 3. The van der Waals surface area contributed by atoms with Crippen LogP contribution in [0.2, 0.25) is 0 Å². The Labute approximate surface area is 71.9 Å². The van der Waals surface area contributed by atoms with Gasteiger partial charge in [-0.1, -0.05) is 0 Å². The van der Waals surface area contributed by atoms with Crippen LogP contribution >= 0.6 is 7.14 Å². The van der Waals surface area contributed by atoms with Gasteiger partial charge in [-0.25, -0.2) is 4.98 Å². The highest BCUT2D eigenvalue weighted by Crippen LogP contribution is 2.32. The first kappa shape index (κ1) is 9.49. The molecule has 0 radical (unpaired) electrons. The number of aromatic amines is 1. The number of hydrogen-bond donors (Lipinski definition) is 2. The van der Waals surface area contributed by atoms with E-state index < -0.39 is 7.14 Å². The highest BCUT2D eigenvalue weighted by molar-refractivity contribution is 7.69. The molecule has 0 aliphatic rings. The number of rotatable bonds is 2. The van der Waals surface area contributed by atoms with Crippen molar-refractivity contribution in [3.8, 4) is 0 Å². The number of nitrogens with one attached hydrogen (secondary N) is 1. The third kappa shape index (κ3) is 1.76. The first-order valence-corrected chi connectivity index (χ1v) is 6.36. The molecule has 0 atom stereocenters. The van der Waals surface area contributed by atoms with Gasteiger partial charge in [0.1, 0.15) is 7.14 Å². The van der Waals surface area contributed by atoms with Gasteiger partial charge >= 0.3 is 0 Å². The molecule has 0 aliphatic carbocycles. The molecule has 0 aliphatic heterocycles. The molecule has 1 rings (SSSR count). The van der Waals surface area contributed by atoms with Crippen LogP contribution in [0.3, 0.4) is 0 Å². The number of H-pyrrole nitrogens is 1. The molecule has 1 heterocycles. The minimum absolute atomic E-state index is 0.391. The maximum atomic E-state index is 11.6. The summed E-state index contributed by atoms with van der Waals surface area (Å²) >= 11 is 0. The van der Waals surface area contributed by atoms with E-state index in [9.17, 15) is 4.57 Å². The van der Waals surface area contributed by atoms with E-state index in [4.69, 9.17) is 5.73 Å². The first-order chi connectivity index (χ1) is 5.45. The lowest BCUT2D eigenvalue weighted by molar-refractivity contribution is 0.587. The van der Waals surface area contributed by atoms with Crippen molar-refractivity contribution in [1.29, 1.82) is 0 Å². The summed E-state index contributed by atoms with van der Waals surface area (Å²) < 4.78 is 11.6. The van der Waals surface area contributed by atoms with Crippen LogP contribution < -0.4 is 11.3 Å². The largest absolute Gasteiger partial charge is 0.339 e. The molecule has 0 saturated heterocycles. The molecule has 12 heavy (non-hydrogen) atoms. The molecular formula is C7H14N3OP. The van der Waals surface area contributed by atoms with E-state index in [2.05, 4.69) is 9.97 Å². The minimum atomic E-state index is -2.26. The fourth-order valence-corrected chi connectivity index (χ4v) is 1.73. The predicted octanol–water partition coefficient (Wildman–Crippen LogP) is 0.425. The molecule has 0 amide bonds. The average molecular weight is 187 g/mol. The van der Waals surface area contributed by atoms with E-state index in [-0.39, 0.29) is 0 Å². The number of imidazole rings is 1. The van der Waals surface area contributed by atoms with Crippen LogP contribution in [-0.2, 0) is 11.1 Å². The second kappa shape index (κ2) is 3.04. The molecule has 0 spiro atoms. The number of aryl methyl sites for hydroxylation is 1. The molecule has 4 nitrogen and oxygen atoms in total. The van der Waals surface area contributed by atoms with Crippen LogP contribution in [0.1, 0.15) is 11.4 Å². The smallest absolute Gasteiger partial charge is 0.166 e. The zero-order valence-electron chi connectivity index (χ0n) is 7.59. The average Bonchev–Trinajstić information content (AvgIpc) is 2.29. The van der Waals surface area contributed by atoms with Crippen molar-refractivity contribution in [2.24, 2.45) is 5.73 Å². The van der Waals surface area contributed by atoms with Gasteiger partial charge in [0.15, 0.2) is 5.57 Å². The van der Waals surface area contributed by atoms with Gasteiger partial charge in [-0.3, -0.25) is 0 Å². The Balaban J connectivity index is 3.14. The van der Waals surface area contributed by atoms with Gasteiger partial charge in [0.25, 0.3) is 0 Å². The summed E-state index contributed by atoms with van der Waals surface area (Å²) in [6.07, 6.45) is 0. The summed E-state index contributed by atoms with van der Waals surface area (Å²) in [4.78, 5) is 7.14. The monoisotopic (exact) mass is 187 g/mol. The highest BCUT2D eigenvalue weighted by Gasteiger charge is 2.16. The Morgan fingerprint density at radius 2 is 2.17 bits per heavy atom. The first-order valence-electron chi connectivity index (χ1n) is 3.76. The SMILES string of the molecule is Cc1[nH]c(P(C)(C)=O)nc1CN. The maximum absolute atomic E-state index is 11.6. The highest BCUT2D eigenvalue weighted by atomic mass is 31.2. The molecule has 1 aromatic heterocycles. The van der Waals surface area contributed by atoms with E-state index in [0.29, 0.717) is 12.1 Å². The van der Waals surface area contributed by atoms with Crippen LogP contribution in [0.25, 0.3) is 0 Å². The molecule has 1 aromatic rings. The molecule has 68 valence electrons. The van der Waals surface area contributed by atoms with Crippen molar-refractivity contribution in [2.45, 2.75) is 13.5 Å². The maximum Gasteiger partial charge on any atom is 0.166 e. The standard InChI is InChI=1S/C7H14N3OP/c1-5-6(4-8)10-7(9-5)12(2,3)11/h4,8H2,1-3H3,(H,9,10).